The highest BCUT2D eigenvalue weighted by molar-refractivity contribution is 7.89. The van der Waals surface area contributed by atoms with Crippen molar-refractivity contribution in [3.05, 3.63) is 83.9 Å². The zero-order valence-electron chi connectivity index (χ0n) is 20.7. The Morgan fingerprint density at radius 1 is 0.973 bits per heavy atom. The number of nitrogens with two attached hydrogens (primary N) is 2. The van der Waals surface area contributed by atoms with Crippen LogP contribution in [0.1, 0.15) is 43.2 Å². The second-order valence-corrected chi connectivity index (χ2v) is 11.1. The highest BCUT2D eigenvalue weighted by atomic mass is 32.2. The van der Waals surface area contributed by atoms with Crippen LogP contribution in [0, 0.1) is 11.3 Å². The molecule has 3 aromatic rings. The molecule has 0 aliphatic heterocycles. The minimum Gasteiger partial charge on any atom is -0.384 e. The van der Waals surface area contributed by atoms with Gasteiger partial charge in [0.2, 0.25) is 10.0 Å². The summed E-state index contributed by atoms with van der Waals surface area (Å²) in [5.41, 5.74) is 9.00. The monoisotopic (exact) mass is 519 g/mol. The van der Waals surface area contributed by atoms with Crippen LogP contribution in [0.25, 0.3) is 11.1 Å². The second kappa shape index (κ2) is 11.6. The first-order chi connectivity index (χ1) is 17.7. The van der Waals surface area contributed by atoms with Gasteiger partial charge in [-0.3, -0.25) is 5.41 Å². The molecule has 0 heterocycles. The molecule has 1 fully saturated rings. The summed E-state index contributed by atoms with van der Waals surface area (Å²) in [7, 11) is -3.87. The molecule has 1 aliphatic carbocycles. The number of primary sulfonamides is 1. The lowest BCUT2D eigenvalue weighted by molar-refractivity contribution is 0.187. The molecule has 9 heteroatoms. The Hall–Kier alpha value is -3.69. The number of nitrogen functional groups attached to an aromatic ring is 1. The largest absolute Gasteiger partial charge is 0.384 e. The third-order valence-corrected chi connectivity index (χ3v) is 7.71. The highest BCUT2D eigenvalue weighted by Gasteiger charge is 2.22. The minimum atomic E-state index is -3.87. The van der Waals surface area contributed by atoms with E-state index in [1.54, 1.807) is 48.5 Å². The molecule has 3 aromatic carbocycles. The van der Waals surface area contributed by atoms with E-state index in [9.17, 15) is 13.2 Å². The minimum absolute atomic E-state index is 0.00534. The lowest BCUT2D eigenvalue weighted by Crippen LogP contribution is -2.38. The van der Waals surface area contributed by atoms with Crippen molar-refractivity contribution in [2.45, 2.75) is 43.5 Å². The summed E-state index contributed by atoms with van der Waals surface area (Å²) in [6, 6.07) is 20.8. The van der Waals surface area contributed by atoms with Gasteiger partial charge in [-0.2, -0.15) is 0 Å². The van der Waals surface area contributed by atoms with Crippen molar-refractivity contribution in [1.82, 2.24) is 4.90 Å². The molecule has 0 saturated heterocycles. The molecule has 1 aliphatic rings. The third kappa shape index (κ3) is 6.96. The molecule has 0 bridgehead atoms. The zero-order valence-corrected chi connectivity index (χ0v) is 21.5. The predicted octanol–water partition coefficient (Wildman–Crippen LogP) is 4.90. The van der Waals surface area contributed by atoms with Gasteiger partial charge in [-0.05, 0) is 54.2 Å². The Kier molecular flexibility index (Phi) is 8.25. The number of anilines is 1. The molecule has 0 aromatic heterocycles. The topological polar surface area (TPSA) is 142 Å². The van der Waals surface area contributed by atoms with Crippen LogP contribution in [-0.4, -0.2) is 31.7 Å². The Labute approximate surface area is 218 Å². The van der Waals surface area contributed by atoms with Gasteiger partial charge in [0.25, 0.3) is 0 Å². The quantitative estimate of drug-likeness (QED) is 0.248. The summed E-state index contributed by atoms with van der Waals surface area (Å²) in [6.45, 7) is 1.05. The number of amidine groups is 1. The summed E-state index contributed by atoms with van der Waals surface area (Å²) in [4.78, 5) is 15.3. The number of carbonyl (C=O) groups excluding carboxylic acids is 1. The van der Waals surface area contributed by atoms with Crippen LogP contribution in [0.4, 0.5) is 10.5 Å². The van der Waals surface area contributed by atoms with Gasteiger partial charge in [0.15, 0.2) is 0 Å². The number of nitrogens with one attached hydrogen (secondary N) is 2. The van der Waals surface area contributed by atoms with Crippen molar-refractivity contribution >= 4 is 27.6 Å². The van der Waals surface area contributed by atoms with E-state index in [4.69, 9.17) is 16.3 Å². The van der Waals surface area contributed by atoms with Gasteiger partial charge in [0.05, 0.1) is 4.90 Å². The third-order valence-electron chi connectivity index (χ3n) is 6.74. The SMILES string of the molecule is N=C(N)c1cccc(CN(CC2CCCCC2)C(=O)Nc2ccc(-c3ccccc3S(N)(=O)=O)cc2)c1. The molecular formula is C28H33N5O3S. The van der Waals surface area contributed by atoms with Crippen LogP contribution in [0.15, 0.2) is 77.7 Å². The summed E-state index contributed by atoms with van der Waals surface area (Å²) in [5.74, 6) is 0.446. The van der Waals surface area contributed by atoms with Crippen LogP contribution in [0.5, 0.6) is 0 Å². The van der Waals surface area contributed by atoms with E-state index in [0.29, 0.717) is 41.4 Å². The maximum Gasteiger partial charge on any atom is 0.322 e. The molecule has 1 saturated carbocycles. The van der Waals surface area contributed by atoms with Gasteiger partial charge in [-0.25, -0.2) is 18.4 Å². The normalized spacial score (nSPS) is 14.2. The lowest BCUT2D eigenvalue weighted by atomic mass is 9.89. The fourth-order valence-corrected chi connectivity index (χ4v) is 5.61. The average molecular weight is 520 g/mol. The van der Waals surface area contributed by atoms with E-state index < -0.39 is 10.0 Å². The first-order valence-corrected chi connectivity index (χ1v) is 14.0. The molecule has 0 atom stereocenters. The fraction of sp³-hybridized carbons (Fsp3) is 0.286. The first kappa shape index (κ1) is 26.4. The zero-order chi connectivity index (χ0) is 26.4. The van der Waals surface area contributed by atoms with E-state index in [1.165, 1.54) is 25.3 Å². The molecule has 0 radical (unpaired) electrons. The van der Waals surface area contributed by atoms with Crippen LogP contribution >= 0.6 is 0 Å². The Balaban J connectivity index is 1.53. The van der Waals surface area contributed by atoms with Crippen molar-refractivity contribution < 1.29 is 13.2 Å². The maximum atomic E-state index is 13.4. The van der Waals surface area contributed by atoms with E-state index in [2.05, 4.69) is 5.32 Å². The number of urea groups is 1. The fourth-order valence-electron chi connectivity index (χ4n) is 4.85. The standard InChI is InChI=1S/C28H33N5O3S/c29-27(30)23-10-6-9-21(17-23)19-33(18-20-7-2-1-3-8-20)28(34)32-24-15-13-22(14-16-24)25-11-4-5-12-26(25)37(31,35)36/h4-6,9-17,20H,1-3,7-8,18-19H2,(H3,29,30)(H,32,34)(H2,31,35,36). The number of amides is 2. The van der Waals surface area contributed by atoms with E-state index in [0.717, 1.165) is 18.4 Å². The molecule has 6 N–H and O–H groups in total. The number of hydrogen-bond acceptors (Lipinski definition) is 4. The Morgan fingerprint density at radius 3 is 2.35 bits per heavy atom. The molecule has 0 unspecified atom stereocenters. The number of sulfonamides is 1. The van der Waals surface area contributed by atoms with Crippen LogP contribution < -0.4 is 16.2 Å². The maximum absolute atomic E-state index is 13.4. The molecule has 4 rings (SSSR count). The van der Waals surface area contributed by atoms with Crippen LogP contribution in [-0.2, 0) is 16.6 Å². The number of nitrogens with zero attached hydrogens (tertiary/aromatic N) is 1. The van der Waals surface area contributed by atoms with Crippen molar-refractivity contribution in [1.29, 1.82) is 5.41 Å². The number of benzene rings is 3. The summed E-state index contributed by atoms with van der Waals surface area (Å²) in [5, 5.41) is 16.1. The summed E-state index contributed by atoms with van der Waals surface area (Å²) < 4.78 is 24.0. The lowest BCUT2D eigenvalue weighted by Gasteiger charge is -2.30. The van der Waals surface area contributed by atoms with Gasteiger partial charge < -0.3 is 16.0 Å². The average Bonchev–Trinajstić information content (AvgIpc) is 2.89. The Bertz CT molecular complexity index is 1370. The van der Waals surface area contributed by atoms with Gasteiger partial charge in [-0.1, -0.05) is 67.8 Å². The molecule has 0 spiro atoms. The van der Waals surface area contributed by atoms with E-state index in [1.807, 2.05) is 23.1 Å². The van der Waals surface area contributed by atoms with Gasteiger partial charge >= 0.3 is 6.03 Å². The van der Waals surface area contributed by atoms with Gasteiger partial charge in [0, 0.05) is 29.9 Å². The van der Waals surface area contributed by atoms with Crippen molar-refractivity contribution in [3.8, 4) is 11.1 Å². The predicted molar refractivity (Wildman–Crippen MR) is 147 cm³/mol. The Morgan fingerprint density at radius 2 is 1.68 bits per heavy atom. The van der Waals surface area contributed by atoms with E-state index in [-0.39, 0.29) is 16.8 Å². The van der Waals surface area contributed by atoms with Gasteiger partial charge in [0.1, 0.15) is 5.84 Å². The second-order valence-electron chi connectivity index (χ2n) is 9.55. The van der Waals surface area contributed by atoms with Crippen molar-refractivity contribution in [2.75, 3.05) is 11.9 Å². The van der Waals surface area contributed by atoms with Crippen LogP contribution in [0.2, 0.25) is 0 Å². The van der Waals surface area contributed by atoms with Gasteiger partial charge in [-0.15, -0.1) is 0 Å². The van der Waals surface area contributed by atoms with Crippen molar-refractivity contribution in [2.24, 2.45) is 16.8 Å². The van der Waals surface area contributed by atoms with E-state index >= 15 is 0 Å². The highest BCUT2D eigenvalue weighted by Crippen LogP contribution is 2.28. The van der Waals surface area contributed by atoms with Crippen LogP contribution in [0.3, 0.4) is 0 Å². The number of rotatable bonds is 8. The molecule has 37 heavy (non-hydrogen) atoms. The molecule has 8 nitrogen and oxygen atoms in total. The molecular weight excluding hydrogens is 486 g/mol. The van der Waals surface area contributed by atoms with Crippen molar-refractivity contribution in [3.63, 3.8) is 0 Å². The summed E-state index contributed by atoms with van der Waals surface area (Å²) in [6.07, 6.45) is 5.82. The first-order valence-electron chi connectivity index (χ1n) is 12.4. The molecule has 194 valence electrons. The smallest absolute Gasteiger partial charge is 0.322 e. The molecule has 2 amide bonds. The summed E-state index contributed by atoms with van der Waals surface area (Å²) >= 11 is 0. The number of carbonyl (C=O) groups is 1. The number of hydrogen-bond donors (Lipinski definition) is 4.